The van der Waals surface area contributed by atoms with E-state index in [-0.39, 0.29) is 4.90 Å². The van der Waals surface area contributed by atoms with Crippen LogP contribution in [0.15, 0.2) is 29.2 Å². The molecular weight excluding hydrogens is 250 g/mol. The number of nitrogens with one attached hydrogen (secondary N) is 2. The highest BCUT2D eigenvalue weighted by atomic mass is 32.2. The Morgan fingerprint density at radius 3 is 2.39 bits per heavy atom. The Hall–Kier alpha value is -1.82. The molecule has 0 aliphatic rings. The molecule has 1 heterocycles. The van der Waals surface area contributed by atoms with Crippen LogP contribution < -0.4 is 4.72 Å². The maximum atomic E-state index is 12.3. The minimum atomic E-state index is -3.60. The summed E-state index contributed by atoms with van der Waals surface area (Å²) in [4.78, 5) is 0.214. The Labute approximate surface area is 106 Å². The molecule has 0 unspecified atom stereocenters. The molecule has 2 rings (SSSR count). The standard InChI is InChI=1S/C12H15N3O2S/c1-8-6-4-5-7-11(8)15-18(16,17)12-9(2)13-14-10(12)3/h4-7,15H,1-3H3,(H,13,14). The molecule has 0 atom stereocenters. The highest BCUT2D eigenvalue weighted by molar-refractivity contribution is 7.92. The number of benzene rings is 1. The lowest BCUT2D eigenvalue weighted by Gasteiger charge is -2.10. The van der Waals surface area contributed by atoms with Gasteiger partial charge in [0.25, 0.3) is 10.0 Å². The number of nitrogens with zero attached hydrogens (tertiary/aromatic N) is 1. The van der Waals surface area contributed by atoms with Crippen LogP contribution in [0.4, 0.5) is 5.69 Å². The van der Waals surface area contributed by atoms with E-state index in [9.17, 15) is 8.42 Å². The van der Waals surface area contributed by atoms with Crippen LogP contribution in [-0.2, 0) is 10.0 Å². The molecule has 1 aromatic heterocycles. The summed E-state index contributed by atoms with van der Waals surface area (Å²) in [5.41, 5.74) is 2.46. The van der Waals surface area contributed by atoms with Crippen LogP contribution >= 0.6 is 0 Å². The maximum absolute atomic E-state index is 12.3. The van der Waals surface area contributed by atoms with Gasteiger partial charge in [-0.05, 0) is 32.4 Å². The van der Waals surface area contributed by atoms with Crippen LogP contribution in [0.25, 0.3) is 0 Å². The molecule has 5 nitrogen and oxygen atoms in total. The van der Waals surface area contributed by atoms with Crippen LogP contribution in [0.5, 0.6) is 0 Å². The van der Waals surface area contributed by atoms with Crippen molar-refractivity contribution in [1.29, 1.82) is 0 Å². The van der Waals surface area contributed by atoms with Crippen LogP contribution in [0.1, 0.15) is 17.0 Å². The Morgan fingerprint density at radius 1 is 1.17 bits per heavy atom. The number of anilines is 1. The molecule has 6 heteroatoms. The second kappa shape index (κ2) is 4.45. The molecule has 96 valence electrons. The van der Waals surface area contributed by atoms with Crippen molar-refractivity contribution >= 4 is 15.7 Å². The molecule has 0 amide bonds. The lowest BCUT2D eigenvalue weighted by Crippen LogP contribution is -2.15. The Balaban J connectivity index is 2.43. The average molecular weight is 265 g/mol. The molecule has 2 aromatic rings. The van der Waals surface area contributed by atoms with Crippen molar-refractivity contribution < 1.29 is 8.42 Å². The monoisotopic (exact) mass is 265 g/mol. The quantitative estimate of drug-likeness (QED) is 0.892. The van der Waals surface area contributed by atoms with Gasteiger partial charge in [0.2, 0.25) is 0 Å². The van der Waals surface area contributed by atoms with Crippen LogP contribution in [0.3, 0.4) is 0 Å². The fraction of sp³-hybridized carbons (Fsp3) is 0.250. The highest BCUT2D eigenvalue weighted by Crippen LogP contribution is 2.22. The number of H-pyrrole nitrogens is 1. The smallest absolute Gasteiger partial charge is 0.265 e. The largest absolute Gasteiger partial charge is 0.281 e. The van der Waals surface area contributed by atoms with Crippen molar-refractivity contribution in [3.63, 3.8) is 0 Å². The highest BCUT2D eigenvalue weighted by Gasteiger charge is 2.22. The zero-order valence-electron chi connectivity index (χ0n) is 10.5. The van der Waals surface area contributed by atoms with Crippen LogP contribution in [0.2, 0.25) is 0 Å². The third-order valence-electron chi connectivity index (χ3n) is 2.72. The van der Waals surface area contributed by atoms with Gasteiger partial charge in [-0.15, -0.1) is 0 Å². The van der Waals surface area contributed by atoms with Crippen molar-refractivity contribution in [2.24, 2.45) is 0 Å². The van der Waals surface area contributed by atoms with E-state index in [1.165, 1.54) is 0 Å². The van der Waals surface area contributed by atoms with E-state index in [0.717, 1.165) is 5.56 Å². The van der Waals surface area contributed by atoms with Crippen molar-refractivity contribution in [3.05, 3.63) is 41.2 Å². The molecular formula is C12H15N3O2S. The molecule has 2 N–H and O–H groups in total. The van der Waals surface area contributed by atoms with Crippen molar-refractivity contribution in [3.8, 4) is 0 Å². The van der Waals surface area contributed by atoms with E-state index in [1.807, 2.05) is 19.1 Å². The predicted octanol–water partition coefficient (Wildman–Crippen LogP) is 2.14. The van der Waals surface area contributed by atoms with Gasteiger partial charge < -0.3 is 0 Å². The lowest BCUT2D eigenvalue weighted by atomic mass is 10.2. The molecule has 0 spiro atoms. The number of aromatic nitrogens is 2. The first-order valence-electron chi connectivity index (χ1n) is 5.52. The molecule has 0 saturated heterocycles. The van der Waals surface area contributed by atoms with Gasteiger partial charge in [0, 0.05) is 0 Å². The van der Waals surface area contributed by atoms with Gasteiger partial charge in [0.1, 0.15) is 4.90 Å². The van der Waals surface area contributed by atoms with Gasteiger partial charge in [-0.2, -0.15) is 5.10 Å². The molecule has 0 bridgehead atoms. The summed E-state index contributed by atoms with van der Waals surface area (Å²) in [7, 11) is -3.60. The fourth-order valence-electron chi connectivity index (χ4n) is 1.82. The van der Waals surface area contributed by atoms with E-state index in [0.29, 0.717) is 17.1 Å². The molecule has 0 saturated carbocycles. The number of hydrogen-bond donors (Lipinski definition) is 2. The van der Waals surface area contributed by atoms with E-state index >= 15 is 0 Å². The van der Waals surface area contributed by atoms with E-state index in [1.54, 1.807) is 26.0 Å². The van der Waals surface area contributed by atoms with Crippen LogP contribution in [0, 0.1) is 20.8 Å². The minimum Gasteiger partial charge on any atom is -0.281 e. The second-order valence-electron chi connectivity index (χ2n) is 4.18. The van der Waals surface area contributed by atoms with Gasteiger partial charge in [0.05, 0.1) is 17.1 Å². The van der Waals surface area contributed by atoms with Crippen molar-refractivity contribution in [1.82, 2.24) is 10.2 Å². The van der Waals surface area contributed by atoms with Gasteiger partial charge in [-0.1, -0.05) is 18.2 Å². The van der Waals surface area contributed by atoms with Gasteiger partial charge in [0.15, 0.2) is 0 Å². The Bertz CT molecular complexity index is 655. The van der Waals surface area contributed by atoms with Gasteiger partial charge >= 0.3 is 0 Å². The minimum absolute atomic E-state index is 0.214. The van der Waals surface area contributed by atoms with Crippen molar-refractivity contribution in [2.75, 3.05) is 4.72 Å². The normalized spacial score (nSPS) is 11.5. The fourth-order valence-corrected chi connectivity index (χ4v) is 3.32. The number of aryl methyl sites for hydroxylation is 3. The first kappa shape index (κ1) is 12.6. The lowest BCUT2D eigenvalue weighted by molar-refractivity contribution is 0.600. The second-order valence-corrected chi connectivity index (χ2v) is 5.80. The first-order valence-corrected chi connectivity index (χ1v) is 7.00. The summed E-state index contributed by atoms with van der Waals surface area (Å²) in [5.74, 6) is 0. The number of hydrogen-bond acceptors (Lipinski definition) is 3. The number of rotatable bonds is 3. The van der Waals surface area contributed by atoms with E-state index in [4.69, 9.17) is 0 Å². The molecule has 1 aromatic carbocycles. The SMILES string of the molecule is Cc1ccccc1NS(=O)(=O)c1c(C)n[nH]c1C. The van der Waals surface area contributed by atoms with E-state index in [2.05, 4.69) is 14.9 Å². The Morgan fingerprint density at radius 2 is 1.83 bits per heavy atom. The number of sulfonamides is 1. The summed E-state index contributed by atoms with van der Waals surface area (Å²) in [6.07, 6.45) is 0. The number of aromatic amines is 1. The zero-order valence-corrected chi connectivity index (χ0v) is 11.3. The molecule has 0 radical (unpaired) electrons. The maximum Gasteiger partial charge on any atom is 0.265 e. The third-order valence-corrected chi connectivity index (χ3v) is 4.35. The predicted molar refractivity (Wildman–Crippen MR) is 70.0 cm³/mol. The topological polar surface area (TPSA) is 74.8 Å². The first-order chi connectivity index (χ1) is 8.42. The molecule has 0 aliphatic carbocycles. The molecule has 0 fully saturated rings. The van der Waals surface area contributed by atoms with Crippen molar-refractivity contribution in [2.45, 2.75) is 25.7 Å². The Kier molecular flexibility index (Phi) is 3.13. The summed E-state index contributed by atoms with van der Waals surface area (Å²) >= 11 is 0. The summed E-state index contributed by atoms with van der Waals surface area (Å²) in [5, 5.41) is 6.58. The van der Waals surface area contributed by atoms with E-state index < -0.39 is 10.0 Å². The van der Waals surface area contributed by atoms with Crippen LogP contribution in [-0.4, -0.2) is 18.6 Å². The summed E-state index contributed by atoms with van der Waals surface area (Å²) < 4.78 is 27.2. The average Bonchev–Trinajstić information content (AvgIpc) is 2.62. The van der Waals surface area contributed by atoms with Gasteiger partial charge in [-0.25, -0.2) is 8.42 Å². The molecule has 18 heavy (non-hydrogen) atoms. The zero-order chi connectivity index (χ0) is 13.3. The van der Waals surface area contributed by atoms with Gasteiger partial charge in [-0.3, -0.25) is 9.82 Å². The summed E-state index contributed by atoms with van der Waals surface area (Å²) in [6.45, 7) is 5.20. The number of para-hydroxylation sites is 1. The third kappa shape index (κ3) is 2.24. The molecule has 0 aliphatic heterocycles. The summed E-state index contributed by atoms with van der Waals surface area (Å²) in [6, 6.07) is 7.24.